The van der Waals surface area contributed by atoms with Gasteiger partial charge in [0.05, 0.1) is 15.9 Å². The van der Waals surface area contributed by atoms with Gasteiger partial charge < -0.3 is 0 Å². The number of piperidine rings is 1. The number of nitro groups is 1. The Kier molecular flexibility index (Phi) is 4.20. The first-order valence-corrected chi connectivity index (χ1v) is 7.67. The fourth-order valence-electron chi connectivity index (χ4n) is 2.25. The second kappa shape index (κ2) is 5.75. The first kappa shape index (κ1) is 15.3. The van der Waals surface area contributed by atoms with Crippen molar-refractivity contribution in [1.29, 1.82) is 5.26 Å². The summed E-state index contributed by atoms with van der Waals surface area (Å²) in [7, 11) is -4.06. The zero-order valence-electron chi connectivity index (χ0n) is 10.9. The highest BCUT2D eigenvalue weighted by Gasteiger charge is 2.34. The zero-order chi connectivity index (χ0) is 15.6. The lowest BCUT2D eigenvalue weighted by Crippen LogP contribution is -2.42. The van der Waals surface area contributed by atoms with Crippen molar-refractivity contribution >= 4 is 15.7 Å². The van der Waals surface area contributed by atoms with E-state index in [1.54, 1.807) is 0 Å². The monoisotopic (exact) mass is 313 g/mol. The van der Waals surface area contributed by atoms with Crippen LogP contribution in [0.4, 0.5) is 10.1 Å². The lowest BCUT2D eigenvalue weighted by atomic mass is 10.1. The topological polar surface area (TPSA) is 104 Å². The molecule has 1 heterocycles. The Balaban J connectivity index is 2.47. The van der Waals surface area contributed by atoms with Crippen LogP contribution in [0.15, 0.2) is 23.1 Å². The SMILES string of the molecule is N#CC1CCCCN1S(=O)(=O)c1ccc(F)c([N+](=O)[O-])c1. The van der Waals surface area contributed by atoms with Crippen LogP contribution in [0.5, 0.6) is 0 Å². The quantitative estimate of drug-likeness (QED) is 0.625. The molecule has 0 aliphatic carbocycles. The van der Waals surface area contributed by atoms with E-state index in [1.807, 2.05) is 6.07 Å². The van der Waals surface area contributed by atoms with E-state index in [2.05, 4.69) is 0 Å². The smallest absolute Gasteiger partial charge is 0.258 e. The average molecular weight is 313 g/mol. The predicted octanol–water partition coefficient (Wildman–Crippen LogP) is 1.80. The van der Waals surface area contributed by atoms with Crippen molar-refractivity contribution < 1.29 is 17.7 Å². The highest BCUT2D eigenvalue weighted by molar-refractivity contribution is 7.89. The van der Waals surface area contributed by atoms with E-state index in [0.29, 0.717) is 18.9 Å². The molecule has 0 radical (unpaired) electrons. The van der Waals surface area contributed by atoms with Gasteiger partial charge in [-0.3, -0.25) is 10.1 Å². The molecule has 1 aliphatic rings. The summed E-state index contributed by atoms with van der Waals surface area (Å²) >= 11 is 0. The maximum absolute atomic E-state index is 13.3. The van der Waals surface area contributed by atoms with Gasteiger partial charge in [-0.25, -0.2) is 8.42 Å². The third-order valence-electron chi connectivity index (χ3n) is 3.32. The molecule has 1 unspecified atom stereocenters. The van der Waals surface area contributed by atoms with Gasteiger partial charge in [-0.2, -0.15) is 14.0 Å². The second-order valence-corrected chi connectivity index (χ2v) is 6.52. The van der Waals surface area contributed by atoms with Crippen molar-refractivity contribution in [3.05, 3.63) is 34.1 Å². The second-order valence-electron chi connectivity index (χ2n) is 4.63. The number of nitriles is 1. The van der Waals surface area contributed by atoms with Crippen molar-refractivity contribution in [2.75, 3.05) is 6.54 Å². The van der Waals surface area contributed by atoms with Gasteiger partial charge in [-0.05, 0) is 31.4 Å². The molecular formula is C12H12FN3O4S. The van der Waals surface area contributed by atoms with Crippen molar-refractivity contribution in [3.8, 4) is 6.07 Å². The van der Waals surface area contributed by atoms with E-state index in [0.717, 1.165) is 22.9 Å². The lowest BCUT2D eigenvalue weighted by molar-refractivity contribution is -0.387. The van der Waals surface area contributed by atoms with Crippen LogP contribution in [-0.2, 0) is 10.0 Å². The van der Waals surface area contributed by atoms with Crippen molar-refractivity contribution in [3.63, 3.8) is 0 Å². The van der Waals surface area contributed by atoms with Gasteiger partial charge in [-0.15, -0.1) is 0 Å². The van der Waals surface area contributed by atoms with Crippen LogP contribution >= 0.6 is 0 Å². The number of rotatable bonds is 3. The summed E-state index contributed by atoms with van der Waals surface area (Å²) in [5.41, 5.74) is -0.901. The minimum Gasteiger partial charge on any atom is -0.258 e. The highest BCUT2D eigenvalue weighted by atomic mass is 32.2. The van der Waals surface area contributed by atoms with Gasteiger partial charge in [0.1, 0.15) is 6.04 Å². The molecule has 0 bridgehead atoms. The molecule has 0 N–H and O–H groups in total. The number of hydrogen-bond acceptors (Lipinski definition) is 5. The van der Waals surface area contributed by atoms with Gasteiger partial charge >= 0.3 is 5.69 Å². The number of halogens is 1. The van der Waals surface area contributed by atoms with Crippen LogP contribution in [0.3, 0.4) is 0 Å². The van der Waals surface area contributed by atoms with Gasteiger partial charge in [0.25, 0.3) is 0 Å². The van der Waals surface area contributed by atoms with E-state index in [9.17, 15) is 22.9 Å². The van der Waals surface area contributed by atoms with Crippen LogP contribution in [0.25, 0.3) is 0 Å². The van der Waals surface area contributed by atoms with Crippen molar-refractivity contribution in [1.82, 2.24) is 4.31 Å². The first-order valence-electron chi connectivity index (χ1n) is 6.23. The van der Waals surface area contributed by atoms with E-state index in [1.165, 1.54) is 0 Å². The molecule has 9 heteroatoms. The molecule has 21 heavy (non-hydrogen) atoms. The molecule has 2 rings (SSSR count). The maximum Gasteiger partial charge on any atom is 0.306 e. The van der Waals surface area contributed by atoms with Crippen molar-refractivity contribution in [2.24, 2.45) is 0 Å². The van der Waals surface area contributed by atoms with Crippen LogP contribution in [0.2, 0.25) is 0 Å². The molecule has 0 spiro atoms. The molecule has 7 nitrogen and oxygen atoms in total. The van der Waals surface area contributed by atoms with E-state index in [-0.39, 0.29) is 11.4 Å². The van der Waals surface area contributed by atoms with Crippen LogP contribution in [-0.4, -0.2) is 30.2 Å². The van der Waals surface area contributed by atoms with Crippen molar-refractivity contribution in [2.45, 2.75) is 30.2 Å². The number of hydrogen-bond donors (Lipinski definition) is 0. The normalized spacial score (nSPS) is 19.9. The number of benzene rings is 1. The summed E-state index contributed by atoms with van der Waals surface area (Å²) in [4.78, 5) is 9.35. The molecule has 1 saturated heterocycles. The largest absolute Gasteiger partial charge is 0.306 e. The number of nitrogens with zero attached hydrogens (tertiary/aromatic N) is 3. The van der Waals surface area contributed by atoms with Gasteiger partial charge in [0.15, 0.2) is 0 Å². The zero-order valence-corrected chi connectivity index (χ0v) is 11.7. The van der Waals surface area contributed by atoms with Gasteiger partial charge in [-0.1, -0.05) is 0 Å². The fraction of sp³-hybridized carbons (Fsp3) is 0.417. The fourth-order valence-corrected chi connectivity index (χ4v) is 3.88. The summed E-state index contributed by atoms with van der Waals surface area (Å²) in [5, 5.41) is 19.7. The molecule has 1 aliphatic heterocycles. The standard InChI is InChI=1S/C12H12FN3O4S/c13-11-5-4-10(7-12(11)16(17)18)21(19,20)15-6-2-1-3-9(15)8-14/h4-5,7,9H,1-3,6H2. The number of sulfonamides is 1. The Hall–Kier alpha value is -2.05. The first-order chi connectivity index (χ1) is 9.87. The van der Waals surface area contributed by atoms with Crippen LogP contribution in [0.1, 0.15) is 19.3 Å². The Morgan fingerprint density at radius 3 is 2.76 bits per heavy atom. The molecule has 0 aromatic heterocycles. The third-order valence-corrected chi connectivity index (χ3v) is 5.23. The van der Waals surface area contributed by atoms with E-state index >= 15 is 0 Å². The molecular weight excluding hydrogens is 301 g/mol. The molecule has 0 amide bonds. The summed E-state index contributed by atoms with van der Waals surface area (Å²) in [6.07, 6.45) is 1.77. The third kappa shape index (κ3) is 2.86. The molecule has 1 aromatic carbocycles. The Morgan fingerprint density at radius 1 is 1.43 bits per heavy atom. The Labute approximate surface area is 120 Å². The summed E-state index contributed by atoms with van der Waals surface area (Å²) < 4.78 is 39.3. The van der Waals surface area contributed by atoms with Crippen LogP contribution in [0, 0.1) is 27.3 Å². The minimum atomic E-state index is -4.06. The summed E-state index contributed by atoms with van der Waals surface area (Å²) in [6.45, 7) is 0.172. The van der Waals surface area contributed by atoms with Gasteiger partial charge in [0, 0.05) is 12.6 Å². The lowest BCUT2D eigenvalue weighted by Gasteiger charge is -2.30. The molecule has 0 saturated carbocycles. The Morgan fingerprint density at radius 2 is 2.14 bits per heavy atom. The highest BCUT2D eigenvalue weighted by Crippen LogP contribution is 2.28. The van der Waals surface area contributed by atoms with E-state index in [4.69, 9.17) is 5.26 Å². The average Bonchev–Trinajstić information content (AvgIpc) is 2.47. The van der Waals surface area contributed by atoms with E-state index < -0.39 is 32.5 Å². The van der Waals surface area contributed by atoms with Crippen LogP contribution < -0.4 is 0 Å². The molecule has 112 valence electrons. The summed E-state index contributed by atoms with van der Waals surface area (Å²) in [6, 6.07) is 3.53. The Bertz CT molecular complexity index is 714. The van der Waals surface area contributed by atoms with Gasteiger partial charge in [0.2, 0.25) is 15.8 Å². The molecule has 1 aromatic rings. The number of nitro benzene ring substituents is 1. The molecule has 1 atom stereocenters. The maximum atomic E-state index is 13.3. The molecule has 1 fully saturated rings. The summed E-state index contributed by atoms with van der Waals surface area (Å²) in [5.74, 6) is -1.10. The minimum absolute atomic E-state index is 0.172. The predicted molar refractivity (Wildman–Crippen MR) is 70.2 cm³/mol.